The third kappa shape index (κ3) is 3.32. The molecular formula is C16H18F3N3. The molecule has 0 saturated heterocycles. The second-order valence-corrected chi connectivity index (χ2v) is 5.75. The van der Waals surface area contributed by atoms with E-state index in [2.05, 4.69) is 15.5 Å². The SMILES string of the molecule is FC(F)(F)c1cccc(C(NCc2ccn[nH]2)C2CCC2)c1. The van der Waals surface area contributed by atoms with Crippen molar-refractivity contribution in [2.24, 2.45) is 5.92 Å². The summed E-state index contributed by atoms with van der Waals surface area (Å²) in [5.74, 6) is 0.395. The Labute approximate surface area is 126 Å². The van der Waals surface area contributed by atoms with Crippen molar-refractivity contribution in [3.8, 4) is 0 Å². The van der Waals surface area contributed by atoms with E-state index in [-0.39, 0.29) is 6.04 Å². The third-order valence-corrected chi connectivity index (χ3v) is 4.27. The van der Waals surface area contributed by atoms with Crippen molar-refractivity contribution in [2.45, 2.75) is 38.0 Å². The number of aromatic amines is 1. The number of alkyl halides is 3. The van der Waals surface area contributed by atoms with Gasteiger partial charge in [-0.1, -0.05) is 18.6 Å². The number of hydrogen-bond donors (Lipinski definition) is 2. The molecule has 1 aromatic heterocycles. The Morgan fingerprint density at radius 1 is 1.27 bits per heavy atom. The third-order valence-electron chi connectivity index (χ3n) is 4.27. The molecule has 6 heteroatoms. The van der Waals surface area contributed by atoms with Crippen molar-refractivity contribution in [3.05, 3.63) is 53.3 Å². The molecule has 1 unspecified atom stereocenters. The van der Waals surface area contributed by atoms with Gasteiger partial charge in [0.15, 0.2) is 0 Å². The molecular weight excluding hydrogens is 291 g/mol. The maximum absolute atomic E-state index is 12.9. The number of hydrogen-bond acceptors (Lipinski definition) is 2. The van der Waals surface area contributed by atoms with Crippen LogP contribution in [0.15, 0.2) is 36.5 Å². The van der Waals surface area contributed by atoms with Gasteiger partial charge in [0.2, 0.25) is 0 Å². The fraction of sp³-hybridized carbons (Fsp3) is 0.438. The van der Waals surface area contributed by atoms with Crippen molar-refractivity contribution >= 4 is 0 Å². The quantitative estimate of drug-likeness (QED) is 0.874. The summed E-state index contributed by atoms with van der Waals surface area (Å²) in [7, 11) is 0. The van der Waals surface area contributed by atoms with Gasteiger partial charge in [-0.2, -0.15) is 18.3 Å². The van der Waals surface area contributed by atoms with Gasteiger partial charge < -0.3 is 5.32 Å². The minimum atomic E-state index is -4.30. The van der Waals surface area contributed by atoms with Gasteiger partial charge in [0, 0.05) is 24.5 Å². The average Bonchev–Trinajstić information content (AvgIpc) is 2.93. The van der Waals surface area contributed by atoms with Crippen LogP contribution in [-0.2, 0) is 12.7 Å². The number of halogens is 3. The topological polar surface area (TPSA) is 40.7 Å². The van der Waals surface area contributed by atoms with Crippen LogP contribution in [0.5, 0.6) is 0 Å². The van der Waals surface area contributed by atoms with Crippen LogP contribution < -0.4 is 5.32 Å². The fourth-order valence-electron chi connectivity index (χ4n) is 2.84. The minimum Gasteiger partial charge on any atom is -0.304 e. The number of aromatic nitrogens is 2. The Balaban J connectivity index is 1.79. The Hall–Kier alpha value is -1.82. The predicted octanol–water partition coefficient (Wildman–Crippen LogP) is 4.06. The lowest BCUT2D eigenvalue weighted by atomic mass is 9.77. The monoisotopic (exact) mass is 309 g/mol. The van der Waals surface area contributed by atoms with Gasteiger partial charge >= 0.3 is 6.18 Å². The molecule has 1 atom stereocenters. The second kappa shape index (κ2) is 6.12. The fourth-order valence-corrected chi connectivity index (χ4v) is 2.84. The van der Waals surface area contributed by atoms with Gasteiger partial charge in [-0.05, 0) is 42.5 Å². The van der Waals surface area contributed by atoms with Crippen molar-refractivity contribution in [3.63, 3.8) is 0 Å². The number of rotatable bonds is 5. The highest BCUT2D eigenvalue weighted by molar-refractivity contribution is 5.29. The van der Waals surface area contributed by atoms with Crippen molar-refractivity contribution in [1.82, 2.24) is 15.5 Å². The zero-order valence-electron chi connectivity index (χ0n) is 12.0. The Morgan fingerprint density at radius 2 is 2.09 bits per heavy atom. The summed E-state index contributed by atoms with van der Waals surface area (Å²) in [6.45, 7) is 0.567. The number of nitrogens with one attached hydrogen (secondary N) is 2. The summed E-state index contributed by atoms with van der Waals surface area (Å²) < 4.78 is 38.7. The molecule has 0 spiro atoms. The van der Waals surface area contributed by atoms with Crippen LogP contribution in [0.1, 0.15) is 42.1 Å². The van der Waals surface area contributed by atoms with E-state index in [4.69, 9.17) is 0 Å². The van der Waals surface area contributed by atoms with Gasteiger partial charge in [0.05, 0.1) is 5.56 Å². The zero-order valence-corrected chi connectivity index (χ0v) is 12.0. The number of benzene rings is 1. The minimum absolute atomic E-state index is 0.0562. The molecule has 118 valence electrons. The molecule has 0 aliphatic heterocycles. The molecule has 22 heavy (non-hydrogen) atoms. The summed E-state index contributed by atoms with van der Waals surface area (Å²) in [4.78, 5) is 0. The van der Waals surface area contributed by atoms with Crippen molar-refractivity contribution in [2.75, 3.05) is 0 Å². The Kier molecular flexibility index (Phi) is 4.20. The summed E-state index contributed by atoms with van der Waals surface area (Å²) in [5.41, 5.74) is 1.05. The molecule has 1 fully saturated rings. The van der Waals surface area contributed by atoms with Gasteiger partial charge in [-0.25, -0.2) is 0 Å². The number of nitrogens with zero attached hydrogens (tertiary/aromatic N) is 1. The molecule has 0 radical (unpaired) electrons. The lowest BCUT2D eigenvalue weighted by Gasteiger charge is -2.35. The smallest absolute Gasteiger partial charge is 0.304 e. The maximum atomic E-state index is 12.9. The van der Waals surface area contributed by atoms with Gasteiger partial charge in [0.25, 0.3) is 0 Å². The maximum Gasteiger partial charge on any atom is 0.416 e. The summed E-state index contributed by atoms with van der Waals surface area (Å²) in [6, 6.07) is 7.45. The van der Waals surface area contributed by atoms with E-state index in [0.29, 0.717) is 18.0 Å². The predicted molar refractivity (Wildman–Crippen MR) is 77.0 cm³/mol. The first-order valence-electron chi connectivity index (χ1n) is 7.43. The van der Waals surface area contributed by atoms with E-state index in [0.717, 1.165) is 31.0 Å². The Morgan fingerprint density at radius 3 is 2.68 bits per heavy atom. The molecule has 0 amide bonds. The van der Waals surface area contributed by atoms with Gasteiger partial charge in [-0.15, -0.1) is 0 Å². The lowest BCUT2D eigenvalue weighted by Crippen LogP contribution is -2.32. The molecule has 1 aliphatic carbocycles. The number of H-pyrrole nitrogens is 1. The normalized spacial score (nSPS) is 17.2. The molecule has 3 rings (SSSR count). The molecule has 0 bridgehead atoms. The molecule has 1 saturated carbocycles. The summed E-state index contributed by atoms with van der Waals surface area (Å²) in [6.07, 6.45) is 0.614. The van der Waals surface area contributed by atoms with Crippen LogP contribution >= 0.6 is 0 Å². The lowest BCUT2D eigenvalue weighted by molar-refractivity contribution is -0.137. The van der Waals surface area contributed by atoms with E-state index >= 15 is 0 Å². The first kappa shape index (κ1) is 15.1. The molecule has 1 aromatic carbocycles. The Bertz CT molecular complexity index is 603. The van der Waals surface area contributed by atoms with E-state index < -0.39 is 11.7 Å². The average molecular weight is 309 g/mol. The van der Waals surface area contributed by atoms with Crippen molar-refractivity contribution in [1.29, 1.82) is 0 Å². The van der Waals surface area contributed by atoms with Crippen LogP contribution in [0.2, 0.25) is 0 Å². The first-order valence-corrected chi connectivity index (χ1v) is 7.43. The van der Waals surface area contributed by atoms with Crippen LogP contribution in [0.25, 0.3) is 0 Å². The zero-order chi connectivity index (χ0) is 15.6. The summed E-state index contributed by atoms with van der Waals surface area (Å²) in [5, 5.41) is 10.1. The second-order valence-electron chi connectivity index (χ2n) is 5.75. The largest absolute Gasteiger partial charge is 0.416 e. The van der Waals surface area contributed by atoms with Gasteiger partial charge in [0.1, 0.15) is 0 Å². The molecule has 1 heterocycles. The standard InChI is InChI=1S/C16H18F3N3/c17-16(18,19)13-6-2-5-12(9-13)15(11-3-1-4-11)20-10-14-7-8-21-22-14/h2,5-9,11,15,20H,1,3-4,10H2,(H,21,22). The van der Waals surface area contributed by atoms with Gasteiger partial charge in [-0.3, -0.25) is 5.10 Å². The summed E-state index contributed by atoms with van der Waals surface area (Å²) >= 11 is 0. The molecule has 2 N–H and O–H groups in total. The van der Waals surface area contributed by atoms with E-state index in [9.17, 15) is 13.2 Å². The highest BCUT2D eigenvalue weighted by atomic mass is 19.4. The first-order chi connectivity index (χ1) is 10.5. The highest BCUT2D eigenvalue weighted by Crippen LogP contribution is 2.39. The van der Waals surface area contributed by atoms with E-state index in [1.54, 1.807) is 12.3 Å². The molecule has 3 nitrogen and oxygen atoms in total. The van der Waals surface area contributed by atoms with E-state index in [1.165, 1.54) is 12.1 Å². The molecule has 1 aliphatic rings. The molecule has 2 aromatic rings. The van der Waals surface area contributed by atoms with Crippen LogP contribution in [-0.4, -0.2) is 10.2 Å². The highest BCUT2D eigenvalue weighted by Gasteiger charge is 2.33. The van der Waals surface area contributed by atoms with E-state index in [1.807, 2.05) is 6.07 Å². The van der Waals surface area contributed by atoms with Crippen molar-refractivity contribution < 1.29 is 13.2 Å². The van der Waals surface area contributed by atoms with Crippen LogP contribution in [0, 0.1) is 5.92 Å². The van der Waals surface area contributed by atoms with Crippen LogP contribution in [0.4, 0.5) is 13.2 Å². The van der Waals surface area contributed by atoms with Crippen LogP contribution in [0.3, 0.4) is 0 Å².